The zero-order chi connectivity index (χ0) is 15.3. The quantitative estimate of drug-likeness (QED) is 0.524. The number of fused-ring (bicyclic) bond motifs is 1. The Hall–Kier alpha value is -0.780. The average molecular weight is 320 g/mol. The second-order valence-electron chi connectivity index (χ2n) is 4.66. The van der Waals surface area contributed by atoms with Crippen molar-refractivity contribution in [2.45, 2.75) is 18.2 Å². The molecule has 0 aromatic heterocycles. The molecular formula is C11H14O7P2. The van der Waals surface area contributed by atoms with Crippen molar-refractivity contribution < 1.29 is 33.8 Å². The van der Waals surface area contributed by atoms with Gasteiger partial charge < -0.3 is 24.7 Å². The fraction of sp³-hybridized carbons (Fsp3) is 0.273. The third kappa shape index (κ3) is 2.12. The molecule has 2 atom stereocenters. The van der Waals surface area contributed by atoms with Crippen LogP contribution in [-0.2, 0) is 14.3 Å². The first kappa shape index (κ1) is 15.6. The van der Waals surface area contributed by atoms with Crippen molar-refractivity contribution in [1.29, 1.82) is 0 Å². The highest BCUT2D eigenvalue weighted by Crippen LogP contribution is 2.68. The van der Waals surface area contributed by atoms with Crippen molar-refractivity contribution in [2.75, 3.05) is 0 Å². The highest BCUT2D eigenvalue weighted by atomic mass is 31.2. The fourth-order valence-corrected chi connectivity index (χ4v) is 4.77. The van der Waals surface area contributed by atoms with Crippen LogP contribution in [0.4, 0.5) is 0 Å². The summed E-state index contributed by atoms with van der Waals surface area (Å²) in [5, 5.41) is 7.27. The van der Waals surface area contributed by atoms with Crippen molar-refractivity contribution in [1.82, 2.24) is 0 Å². The first-order valence-electron chi connectivity index (χ1n) is 5.64. The molecule has 1 aliphatic rings. The number of aliphatic hydroxyl groups excluding tert-OH is 1. The van der Waals surface area contributed by atoms with E-state index in [-0.39, 0.29) is 11.1 Å². The molecule has 5 N–H and O–H groups in total. The van der Waals surface area contributed by atoms with Gasteiger partial charge >= 0.3 is 15.2 Å². The Morgan fingerprint density at radius 3 is 2.10 bits per heavy atom. The van der Waals surface area contributed by atoms with Gasteiger partial charge in [-0.15, -0.1) is 0 Å². The van der Waals surface area contributed by atoms with Crippen LogP contribution in [0.25, 0.3) is 5.31 Å². The van der Waals surface area contributed by atoms with E-state index in [2.05, 4.69) is 0 Å². The lowest BCUT2D eigenvalue weighted by Crippen LogP contribution is -2.34. The van der Waals surface area contributed by atoms with Crippen LogP contribution in [0.2, 0.25) is 0 Å². The van der Waals surface area contributed by atoms with E-state index < -0.39 is 31.8 Å². The number of hydrogen-bond acceptors (Lipinski definition) is 3. The highest BCUT2D eigenvalue weighted by molar-refractivity contribution is 7.63. The molecule has 0 bridgehead atoms. The minimum absolute atomic E-state index is 0.0154. The second-order valence-corrected chi connectivity index (χ2v) is 8.06. The monoisotopic (exact) mass is 320 g/mol. The molecule has 0 saturated heterocycles. The SMILES string of the molecule is CC(O)C1(P(=O)(O)O)C=C(P(=O)(O)O)c2ccccc21. The Morgan fingerprint density at radius 1 is 1.10 bits per heavy atom. The second kappa shape index (κ2) is 4.61. The molecule has 0 amide bonds. The first-order valence-corrected chi connectivity index (χ1v) is 8.87. The minimum Gasteiger partial charge on any atom is -0.391 e. The Kier molecular flexibility index (Phi) is 3.60. The molecule has 7 nitrogen and oxygen atoms in total. The Bertz CT molecular complexity index is 669. The van der Waals surface area contributed by atoms with E-state index in [9.17, 15) is 33.8 Å². The Morgan fingerprint density at radius 2 is 1.65 bits per heavy atom. The summed E-state index contributed by atoms with van der Waals surface area (Å²) in [6, 6.07) is 5.70. The molecule has 0 radical (unpaired) electrons. The molecule has 1 aromatic carbocycles. The molecule has 0 saturated carbocycles. The van der Waals surface area contributed by atoms with Crippen LogP contribution in [0.5, 0.6) is 0 Å². The van der Waals surface area contributed by atoms with E-state index in [1.165, 1.54) is 31.2 Å². The molecule has 1 aliphatic carbocycles. The molecule has 2 rings (SSSR count). The van der Waals surface area contributed by atoms with Crippen molar-refractivity contribution >= 4 is 20.5 Å². The van der Waals surface area contributed by atoms with Gasteiger partial charge in [0, 0.05) is 0 Å². The maximum absolute atomic E-state index is 11.9. The minimum atomic E-state index is -4.91. The van der Waals surface area contributed by atoms with Gasteiger partial charge in [0.1, 0.15) is 5.16 Å². The molecule has 0 spiro atoms. The first-order chi connectivity index (χ1) is 9.02. The van der Waals surface area contributed by atoms with Crippen LogP contribution in [0, 0.1) is 0 Å². The zero-order valence-electron chi connectivity index (χ0n) is 10.4. The predicted molar refractivity (Wildman–Crippen MR) is 71.9 cm³/mol. The Labute approximate surface area is 114 Å². The van der Waals surface area contributed by atoms with E-state index >= 15 is 0 Å². The zero-order valence-corrected chi connectivity index (χ0v) is 12.2. The molecule has 2 unspecified atom stereocenters. The van der Waals surface area contributed by atoms with Crippen LogP contribution < -0.4 is 0 Å². The fourth-order valence-electron chi connectivity index (χ4n) is 2.49. The predicted octanol–water partition coefficient (Wildman–Crippen LogP) is 0.973. The van der Waals surface area contributed by atoms with Gasteiger partial charge in [0.05, 0.1) is 11.4 Å². The van der Waals surface area contributed by atoms with Gasteiger partial charge in [-0.3, -0.25) is 9.13 Å². The normalized spacial score (nSPS) is 24.2. The number of aliphatic hydroxyl groups is 1. The van der Waals surface area contributed by atoms with Crippen LogP contribution in [0.1, 0.15) is 18.1 Å². The molecule has 20 heavy (non-hydrogen) atoms. The van der Waals surface area contributed by atoms with E-state index in [0.29, 0.717) is 0 Å². The molecule has 0 heterocycles. The molecular weight excluding hydrogens is 306 g/mol. The summed E-state index contributed by atoms with van der Waals surface area (Å²) >= 11 is 0. The standard InChI is InChI=1S/C11H14O7P2/c1-7(12)11(20(16,17)18)6-10(19(13,14)15)8-4-2-3-5-9(8)11/h2-7,12H,1H3,(H2,13,14,15)(H2,16,17,18). The number of benzene rings is 1. The van der Waals surface area contributed by atoms with Crippen molar-refractivity contribution in [3.05, 3.63) is 41.5 Å². The van der Waals surface area contributed by atoms with Gasteiger partial charge in [0.15, 0.2) is 0 Å². The third-order valence-electron chi connectivity index (χ3n) is 3.42. The van der Waals surface area contributed by atoms with Crippen molar-refractivity contribution in [2.24, 2.45) is 0 Å². The lowest BCUT2D eigenvalue weighted by Gasteiger charge is -2.32. The van der Waals surface area contributed by atoms with Crippen molar-refractivity contribution in [3.63, 3.8) is 0 Å². The van der Waals surface area contributed by atoms with Crippen LogP contribution in [-0.4, -0.2) is 30.8 Å². The van der Waals surface area contributed by atoms with Gasteiger partial charge in [-0.1, -0.05) is 24.3 Å². The van der Waals surface area contributed by atoms with Crippen LogP contribution in [0.3, 0.4) is 0 Å². The van der Waals surface area contributed by atoms with Crippen LogP contribution in [0.15, 0.2) is 30.3 Å². The summed E-state index contributed by atoms with van der Waals surface area (Å²) in [6.45, 7) is 1.18. The van der Waals surface area contributed by atoms with E-state index in [1.54, 1.807) is 0 Å². The molecule has 9 heteroatoms. The smallest absolute Gasteiger partial charge is 0.356 e. The van der Waals surface area contributed by atoms with E-state index in [4.69, 9.17) is 0 Å². The topological polar surface area (TPSA) is 135 Å². The Balaban J connectivity index is 2.89. The molecule has 0 aliphatic heterocycles. The largest absolute Gasteiger partial charge is 0.391 e. The molecule has 1 aromatic rings. The summed E-state index contributed by atoms with van der Waals surface area (Å²) in [7, 11) is -9.64. The molecule has 0 fully saturated rings. The maximum atomic E-state index is 11.9. The summed E-state index contributed by atoms with van der Waals surface area (Å²) in [5.41, 5.74) is 0.0618. The van der Waals surface area contributed by atoms with Gasteiger partial charge in [0.25, 0.3) is 0 Å². The van der Waals surface area contributed by atoms with Gasteiger partial charge in [-0.2, -0.15) is 0 Å². The van der Waals surface area contributed by atoms with Gasteiger partial charge in [0.2, 0.25) is 0 Å². The van der Waals surface area contributed by atoms with Crippen LogP contribution >= 0.6 is 15.2 Å². The summed E-state index contributed by atoms with van der Waals surface area (Å²) in [6.07, 6.45) is -0.710. The highest BCUT2D eigenvalue weighted by Gasteiger charge is 2.56. The number of hydrogen-bond donors (Lipinski definition) is 5. The van der Waals surface area contributed by atoms with Crippen molar-refractivity contribution in [3.8, 4) is 0 Å². The average Bonchev–Trinajstić information content (AvgIpc) is 2.63. The summed E-state index contributed by atoms with van der Waals surface area (Å²) < 4.78 is 23.4. The van der Waals surface area contributed by atoms with Gasteiger partial charge in [-0.25, -0.2) is 0 Å². The maximum Gasteiger partial charge on any atom is 0.356 e. The number of rotatable bonds is 3. The van der Waals surface area contributed by atoms with E-state index in [0.717, 1.165) is 6.08 Å². The third-order valence-corrected chi connectivity index (χ3v) is 6.13. The van der Waals surface area contributed by atoms with Gasteiger partial charge in [-0.05, 0) is 24.1 Å². The lowest BCUT2D eigenvalue weighted by molar-refractivity contribution is 0.146. The summed E-state index contributed by atoms with van der Waals surface area (Å²) in [5.74, 6) is 0. The van der Waals surface area contributed by atoms with E-state index in [1.807, 2.05) is 0 Å². The summed E-state index contributed by atoms with van der Waals surface area (Å²) in [4.78, 5) is 37.9. The lowest BCUT2D eigenvalue weighted by atomic mass is 9.95. The molecule has 110 valence electrons.